The molecule has 5 rings (SSSR count). The molecular formula is C29H28N2O4. The van der Waals surface area contributed by atoms with Crippen molar-refractivity contribution in [2.75, 3.05) is 6.54 Å². The van der Waals surface area contributed by atoms with Gasteiger partial charge >= 0.3 is 5.97 Å². The molecule has 35 heavy (non-hydrogen) atoms. The van der Waals surface area contributed by atoms with Gasteiger partial charge in [-0.05, 0) is 67.3 Å². The second kappa shape index (κ2) is 10.2. The summed E-state index contributed by atoms with van der Waals surface area (Å²) >= 11 is 0. The molecule has 0 saturated carbocycles. The number of benzene rings is 3. The molecule has 178 valence electrons. The summed E-state index contributed by atoms with van der Waals surface area (Å²) < 4.78 is 11.9. The molecule has 0 unspecified atom stereocenters. The Hall–Kier alpha value is -3.90. The first-order valence-electron chi connectivity index (χ1n) is 11.9. The van der Waals surface area contributed by atoms with Crippen LogP contribution >= 0.6 is 0 Å². The molecule has 1 atom stereocenters. The summed E-state index contributed by atoms with van der Waals surface area (Å²) in [4.78, 5) is 18.1. The maximum absolute atomic E-state index is 11.5. The average Bonchev–Trinajstić information content (AvgIpc) is 3.50. The van der Waals surface area contributed by atoms with Crippen molar-refractivity contribution in [2.45, 2.75) is 39.0 Å². The normalized spacial score (nSPS) is 15.9. The Kier molecular flexibility index (Phi) is 6.64. The number of aliphatic carboxylic acids is 1. The summed E-state index contributed by atoms with van der Waals surface area (Å²) in [7, 11) is 0. The number of ether oxygens (including phenoxy) is 1. The van der Waals surface area contributed by atoms with Crippen LogP contribution in [0.1, 0.15) is 29.9 Å². The van der Waals surface area contributed by atoms with E-state index < -0.39 is 12.0 Å². The van der Waals surface area contributed by atoms with E-state index in [2.05, 4.69) is 29.2 Å². The lowest BCUT2D eigenvalue weighted by Crippen LogP contribution is -2.35. The van der Waals surface area contributed by atoms with E-state index >= 15 is 0 Å². The molecule has 1 fully saturated rings. The highest BCUT2D eigenvalue weighted by molar-refractivity contribution is 5.73. The van der Waals surface area contributed by atoms with Crippen LogP contribution in [0.4, 0.5) is 0 Å². The lowest BCUT2D eigenvalue weighted by Gasteiger charge is -2.21. The van der Waals surface area contributed by atoms with Crippen molar-refractivity contribution in [1.82, 2.24) is 9.88 Å². The topological polar surface area (TPSA) is 75.8 Å². The van der Waals surface area contributed by atoms with Gasteiger partial charge in [0.2, 0.25) is 5.89 Å². The fourth-order valence-electron chi connectivity index (χ4n) is 4.54. The van der Waals surface area contributed by atoms with Crippen LogP contribution in [0.15, 0.2) is 83.3 Å². The van der Waals surface area contributed by atoms with Crippen LogP contribution in [0.25, 0.3) is 22.6 Å². The zero-order chi connectivity index (χ0) is 24.2. The van der Waals surface area contributed by atoms with Gasteiger partial charge in [0, 0.05) is 12.1 Å². The monoisotopic (exact) mass is 468 g/mol. The number of carbonyl (C=O) groups is 1. The van der Waals surface area contributed by atoms with Crippen molar-refractivity contribution in [3.05, 3.63) is 95.9 Å². The number of hydrogen-bond acceptors (Lipinski definition) is 5. The van der Waals surface area contributed by atoms with Crippen LogP contribution < -0.4 is 4.74 Å². The average molecular weight is 469 g/mol. The molecule has 2 heterocycles. The summed E-state index contributed by atoms with van der Waals surface area (Å²) in [6.07, 6.45) is 1.62. The van der Waals surface area contributed by atoms with Gasteiger partial charge in [-0.15, -0.1) is 0 Å². The third-order valence-corrected chi connectivity index (χ3v) is 6.44. The first kappa shape index (κ1) is 22.9. The quantitative estimate of drug-likeness (QED) is 0.345. The molecule has 1 saturated heterocycles. The summed E-state index contributed by atoms with van der Waals surface area (Å²) in [5, 5.41) is 9.42. The number of carboxylic acid groups (broad SMARTS) is 1. The number of carboxylic acids is 1. The fraction of sp³-hybridized carbons (Fsp3) is 0.241. The van der Waals surface area contributed by atoms with Gasteiger partial charge in [0.15, 0.2) is 0 Å². The molecule has 1 aliphatic rings. The number of oxazole rings is 1. The number of rotatable bonds is 8. The lowest BCUT2D eigenvalue weighted by molar-refractivity contribution is -0.142. The van der Waals surface area contributed by atoms with Crippen LogP contribution in [-0.4, -0.2) is 33.5 Å². The Morgan fingerprint density at radius 2 is 1.77 bits per heavy atom. The number of nitrogens with zero attached hydrogens (tertiary/aromatic N) is 2. The van der Waals surface area contributed by atoms with E-state index in [0.717, 1.165) is 46.9 Å². The first-order chi connectivity index (χ1) is 17.1. The van der Waals surface area contributed by atoms with Gasteiger partial charge in [-0.25, -0.2) is 4.98 Å². The second-order valence-corrected chi connectivity index (χ2v) is 8.87. The molecule has 4 aromatic rings. The number of aromatic nitrogens is 1. The van der Waals surface area contributed by atoms with Gasteiger partial charge in [-0.2, -0.15) is 0 Å². The van der Waals surface area contributed by atoms with Crippen molar-refractivity contribution in [1.29, 1.82) is 0 Å². The van der Waals surface area contributed by atoms with Crippen molar-refractivity contribution in [3.8, 4) is 28.3 Å². The van der Waals surface area contributed by atoms with E-state index in [1.54, 1.807) is 0 Å². The van der Waals surface area contributed by atoms with Gasteiger partial charge < -0.3 is 14.3 Å². The van der Waals surface area contributed by atoms with E-state index in [-0.39, 0.29) is 0 Å². The van der Waals surface area contributed by atoms with Gasteiger partial charge in [-0.1, -0.05) is 54.6 Å². The first-order valence-corrected chi connectivity index (χ1v) is 11.9. The van der Waals surface area contributed by atoms with Crippen molar-refractivity contribution in [2.24, 2.45) is 0 Å². The van der Waals surface area contributed by atoms with Crippen LogP contribution in [0.3, 0.4) is 0 Å². The third-order valence-electron chi connectivity index (χ3n) is 6.44. The number of aryl methyl sites for hydroxylation is 1. The molecule has 1 aliphatic heterocycles. The van der Waals surface area contributed by atoms with Crippen LogP contribution in [-0.2, 0) is 17.9 Å². The van der Waals surface area contributed by atoms with Crippen LogP contribution in [0.2, 0.25) is 0 Å². The highest BCUT2D eigenvalue weighted by Gasteiger charge is 2.30. The number of hydrogen-bond donors (Lipinski definition) is 1. The highest BCUT2D eigenvalue weighted by atomic mass is 16.5. The van der Waals surface area contributed by atoms with Crippen LogP contribution in [0, 0.1) is 6.92 Å². The fourth-order valence-corrected chi connectivity index (χ4v) is 4.54. The van der Waals surface area contributed by atoms with Gasteiger partial charge in [-0.3, -0.25) is 9.69 Å². The SMILES string of the molecule is Cc1oc(-c2ccc(-c3ccccc3)cc2)nc1COc1cccc(CN2CCC[C@H]2C(=O)O)c1. The second-order valence-electron chi connectivity index (χ2n) is 8.87. The molecule has 0 amide bonds. The Morgan fingerprint density at radius 3 is 2.54 bits per heavy atom. The summed E-state index contributed by atoms with van der Waals surface area (Å²) in [5.74, 6) is 1.28. The zero-order valence-electron chi connectivity index (χ0n) is 19.7. The molecule has 6 heteroatoms. The third kappa shape index (κ3) is 5.28. The molecule has 1 aromatic heterocycles. The minimum Gasteiger partial charge on any atom is -0.487 e. The molecule has 0 aliphatic carbocycles. The molecular weight excluding hydrogens is 440 g/mol. The summed E-state index contributed by atoms with van der Waals surface area (Å²) in [6.45, 7) is 3.58. The zero-order valence-corrected chi connectivity index (χ0v) is 19.7. The Bertz CT molecular complexity index is 1300. The van der Waals surface area contributed by atoms with E-state index in [4.69, 9.17) is 9.15 Å². The molecule has 0 bridgehead atoms. The maximum atomic E-state index is 11.5. The molecule has 1 N–H and O–H groups in total. The van der Waals surface area contributed by atoms with E-state index in [0.29, 0.717) is 25.5 Å². The predicted molar refractivity (Wildman–Crippen MR) is 134 cm³/mol. The molecule has 3 aromatic carbocycles. The largest absolute Gasteiger partial charge is 0.487 e. The lowest BCUT2D eigenvalue weighted by atomic mass is 10.0. The van der Waals surface area contributed by atoms with Crippen LogP contribution in [0.5, 0.6) is 5.75 Å². The van der Waals surface area contributed by atoms with Gasteiger partial charge in [0.1, 0.15) is 29.9 Å². The minimum atomic E-state index is -0.748. The Morgan fingerprint density at radius 1 is 1.03 bits per heavy atom. The van der Waals surface area contributed by atoms with Crippen molar-refractivity contribution in [3.63, 3.8) is 0 Å². The molecule has 0 spiro atoms. The standard InChI is InChI=1S/C29H28N2O4/c1-20-26(30-28(35-20)24-14-12-23(13-15-24)22-8-3-2-4-9-22)19-34-25-10-5-7-21(17-25)18-31-16-6-11-27(31)29(32)33/h2-5,7-10,12-15,17,27H,6,11,16,18-19H2,1H3,(H,32,33)/t27-/m0/s1. The smallest absolute Gasteiger partial charge is 0.320 e. The summed E-state index contributed by atoms with van der Waals surface area (Å²) in [6, 6.07) is 25.8. The van der Waals surface area contributed by atoms with E-state index in [1.807, 2.05) is 66.4 Å². The Labute approximate surface area is 204 Å². The van der Waals surface area contributed by atoms with E-state index in [9.17, 15) is 9.90 Å². The summed E-state index contributed by atoms with van der Waals surface area (Å²) in [5.41, 5.74) is 5.02. The highest BCUT2D eigenvalue weighted by Crippen LogP contribution is 2.27. The minimum absolute atomic E-state index is 0.294. The van der Waals surface area contributed by atoms with Crippen molar-refractivity contribution < 1.29 is 19.1 Å². The number of likely N-dealkylation sites (tertiary alicyclic amines) is 1. The molecule has 0 radical (unpaired) electrons. The van der Waals surface area contributed by atoms with Gasteiger partial charge in [0.25, 0.3) is 0 Å². The maximum Gasteiger partial charge on any atom is 0.320 e. The van der Waals surface area contributed by atoms with Gasteiger partial charge in [0.05, 0.1) is 0 Å². The Balaban J connectivity index is 1.24. The predicted octanol–water partition coefficient (Wildman–Crippen LogP) is 5.95. The molecule has 6 nitrogen and oxygen atoms in total. The van der Waals surface area contributed by atoms with E-state index in [1.165, 1.54) is 5.56 Å². The van der Waals surface area contributed by atoms with Crippen molar-refractivity contribution >= 4 is 5.97 Å².